The van der Waals surface area contributed by atoms with Gasteiger partial charge in [0.25, 0.3) is 5.91 Å². The zero-order chi connectivity index (χ0) is 20.2. The lowest BCUT2D eigenvalue weighted by Crippen LogP contribution is -2.63. The van der Waals surface area contributed by atoms with Gasteiger partial charge >= 0.3 is 0 Å². The topological polar surface area (TPSA) is 38.1 Å². The maximum Gasteiger partial charge on any atom is 0.253 e. The van der Waals surface area contributed by atoms with Gasteiger partial charge in [0.05, 0.1) is 11.4 Å². The molecule has 3 aromatic rings. The van der Waals surface area contributed by atoms with Crippen LogP contribution in [-0.2, 0) is 0 Å². The Bertz CT molecular complexity index is 1070. The van der Waals surface area contributed by atoms with Gasteiger partial charge in [0.2, 0.25) is 0 Å². The van der Waals surface area contributed by atoms with Gasteiger partial charge in [-0.1, -0.05) is 18.2 Å². The van der Waals surface area contributed by atoms with E-state index in [1.54, 1.807) is 12.1 Å². The Morgan fingerprint density at radius 3 is 2.45 bits per heavy atom. The number of nitrogens with zero attached hydrogens (tertiary/aromatic N) is 3. The van der Waals surface area contributed by atoms with Crippen LogP contribution in [0, 0.1) is 25.1 Å². The Balaban J connectivity index is 1.28. The third-order valence-electron chi connectivity index (χ3n) is 6.41. The first-order valence-corrected chi connectivity index (χ1v) is 10.1. The molecule has 1 amide bonds. The van der Waals surface area contributed by atoms with Crippen molar-refractivity contribution in [2.75, 3.05) is 13.1 Å². The molecular weight excluding hydrogens is 365 g/mol. The van der Waals surface area contributed by atoms with Crippen LogP contribution in [0.15, 0.2) is 54.6 Å². The van der Waals surface area contributed by atoms with Crippen LogP contribution < -0.4 is 0 Å². The summed E-state index contributed by atoms with van der Waals surface area (Å²) in [6.07, 6.45) is 2.16. The SMILES string of the molecule is Cc1cc(C2CC3(C2)CN(C(=O)c2ccc(F)cc2)C3)n(-c2ccccc2C)n1. The molecule has 148 valence electrons. The maximum absolute atomic E-state index is 13.1. The average Bonchev–Trinajstić information content (AvgIpc) is 3.01. The van der Waals surface area contributed by atoms with E-state index in [0.29, 0.717) is 11.5 Å². The first kappa shape index (κ1) is 18.1. The van der Waals surface area contributed by atoms with Crippen LogP contribution in [0.1, 0.15) is 46.1 Å². The number of hydrogen-bond donors (Lipinski definition) is 0. The van der Waals surface area contributed by atoms with Gasteiger partial charge in [-0.3, -0.25) is 4.79 Å². The van der Waals surface area contributed by atoms with Crippen LogP contribution in [0.5, 0.6) is 0 Å². The molecule has 0 unspecified atom stereocenters. The smallest absolute Gasteiger partial charge is 0.253 e. The molecule has 5 rings (SSSR count). The first-order valence-electron chi connectivity index (χ1n) is 10.1. The molecule has 1 spiro atoms. The van der Waals surface area contributed by atoms with Crippen molar-refractivity contribution in [1.82, 2.24) is 14.7 Å². The Morgan fingerprint density at radius 1 is 1.07 bits per heavy atom. The molecule has 5 heteroatoms. The molecular formula is C24H24FN3O. The Labute approximate surface area is 170 Å². The molecule has 1 aliphatic heterocycles. The number of aryl methyl sites for hydroxylation is 2. The van der Waals surface area contributed by atoms with Crippen molar-refractivity contribution in [3.8, 4) is 5.69 Å². The number of carbonyl (C=O) groups excluding carboxylic acids is 1. The van der Waals surface area contributed by atoms with Gasteiger partial charge in [-0.2, -0.15) is 5.10 Å². The van der Waals surface area contributed by atoms with Gasteiger partial charge in [-0.15, -0.1) is 0 Å². The predicted molar refractivity (Wildman–Crippen MR) is 110 cm³/mol. The standard InChI is InChI=1S/C24H24FN3O/c1-16-5-3-4-6-21(16)28-22(11-17(2)26-28)19-12-24(13-19)14-27(15-24)23(29)18-7-9-20(25)10-8-18/h3-11,19H,12-15H2,1-2H3. The summed E-state index contributed by atoms with van der Waals surface area (Å²) in [6, 6.07) is 16.4. The molecule has 0 radical (unpaired) electrons. The van der Waals surface area contributed by atoms with Crippen LogP contribution in [0.3, 0.4) is 0 Å². The summed E-state index contributed by atoms with van der Waals surface area (Å²) in [5, 5.41) is 4.75. The molecule has 1 aromatic heterocycles. The van der Waals surface area contributed by atoms with Crippen LogP contribution in [-0.4, -0.2) is 33.7 Å². The Hall–Kier alpha value is -2.95. The first-order chi connectivity index (χ1) is 13.9. The van der Waals surface area contributed by atoms with Crippen LogP contribution in [0.4, 0.5) is 4.39 Å². The summed E-state index contributed by atoms with van der Waals surface area (Å²) in [7, 11) is 0. The van der Waals surface area contributed by atoms with Crippen molar-refractivity contribution in [2.45, 2.75) is 32.6 Å². The molecule has 29 heavy (non-hydrogen) atoms. The van der Waals surface area contributed by atoms with E-state index >= 15 is 0 Å². The van der Waals surface area contributed by atoms with Crippen molar-refractivity contribution in [2.24, 2.45) is 5.41 Å². The molecule has 0 atom stereocenters. The zero-order valence-electron chi connectivity index (χ0n) is 16.7. The number of likely N-dealkylation sites (tertiary alicyclic amines) is 1. The number of rotatable bonds is 3. The quantitative estimate of drug-likeness (QED) is 0.654. The molecule has 2 fully saturated rings. The van der Waals surface area contributed by atoms with E-state index < -0.39 is 0 Å². The fraction of sp³-hybridized carbons (Fsp3) is 0.333. The van der Waals surface area contributed by atoms with Crippen molar-refractivity contribution in [3.05, 3.63) is 82.9 Å². The predicted octanol–water partition coefficient (Wildman–Crippen LogP) is 4.65. The van der Waals surface area contributed by atoms with Crippen molar-refractivity contribution < 1.29 is 9.18 Å². The molecule has 2 heterocycles. The minimum absolute atomic E-state index is 0.000119. The van der Waals surface area contributed by atoms with Gasteiger partial charge in [0, 0.05) is 35.7 Å². The summed E-state index contributed by atoms with van der Waals surface area (Å²) in [6.45, 7) is 5.73. The molecule has 1 aliphatic carbocycles. The van der Waals surface area contributed by atoms with E-state index in [1.165, 1.54) is 23.4 Å². The van der Waals surface area contributed by atoms with E-state index in [4.69, 9.17) is 5.10 Å². The zero-order valence-corrected chi connectivity index (χ0v) is 16.7. The lowest BCUT2D eigenvalue weighted by Gasteiger charge is -2.59. The minimum atomic E-state index is -0.316. The van der Waals surface area contributed by atoms with Crippen molar-refractivity contribution in [1.29, 1.82) is 0 Å². The van der Waals surface area contributed by atoms with Gasteiger partial charge in [0.1, 0.15) is 5.82 Å². The van der Waals surface area contributed by atoms with Crippen LogP contribution >= 0.6 is 0 Å². The summed E-state index contributed by atoms with van der Waals surface area (Å²) in [4.78, 5) is 14.5. The van der Waals surface area contributed by atoms with Gasteiger partial charge in [0.15, 0.2) is 0 Å². The van der Waals surface area contributed by atoms with Gasteiger partial charge in [-0.05, 0) is 68.7 Å². The summed E-state index contributed by atoms with van der Waals surface area (Å²) in [5.41, 5.74) is 5.45. The maximum atomic E-state index is 13.1. The normalized spacial score (nSPS) is 17.8. The van der Waals surface area contributed by atoms with E-state index in [9.17, 15) is 9.18 Å². The van der Waals surface area contributed by atoms with Crippen LogP contribution in [0.25, 0.3) is 5.69 Å². The number of amides is 1. The molecule has 4 nitrogen and oxygen atoms in total. The molecule has 2 aliphatic rings. The second kappa shape index (κ2) is 6.55. The number of halogens is 1. The highest BCUT2D eigenvalue weighted by Gasteiger charge is 2.54. The summed E-state index contributed by atoms with van der Waals surface area (Å²) in [5.74, 6) is 0.155. The third-order valence-corrected chi connectivity index (χ3v) is 6.41. The molecule has 2 aromatic carbocycles. The molecule has 0 N–H and O–H groups in total. The van der Waals surface area contributed by atoms with Crippen LogP contribution in [0.2, 0.25) is 0 Å². The van der Waals surface area contributed by atoms with Crippen molar-refractivity contribution >= 4 is 5.91 Å². The minimum Gasteiger partial charge on any atom is -0.337 e. The fourth-order valence-electron chi connectivity index (χ4n) is 4.94. The lowest BCUT2D eigenvalue weighted by atomic mass is 9.57. The molecule has 0 bridgehead atoms. The van der Waals surface area contributed by atoms with E-state index in [0.717, 1.165) is 37.3 Å². The van der Waals surface area contributed by atoms with E-state index in [-0.39, 0.29) is 17.1 Å². The van der Waals surface area contributed by atoms with Gasteiger partial charge in [-0.25, -0.2) is 9.07 Å². The number of carbonyl (C=O) groups is 1. The Kier molecular flexibility index (Phi) is 4.09. The number of benzene rings is 2. The second-order valence-electron chi connectivity index (χ2n) is 8.68. The monoisotopic (exact) mass is 389 g/mol. The molecule has 1 saturated carbocycles. The Morgan fingerprint density at radius 2 is 1.76 bits per heavy atom. The highest BCUT2D eigenvalue weighted by Crippen LogP contribution is 2.56. The average molecular weight is 389 g/mol. The van der Waals surface area contributed by atoms with E-state index in [2.05, 4.69) is 35.9 Å². The van der Waals surface area contributed by atoms with Crippen molar-refractivity contribution in [3.63, 3.8) is 0 Å². The van der Waals surface area contributed by atoms with Gasteiger partial charge < -0.3 is 4.90 Å². The van der Waals surface area contributed by atoms with E-state index in [1.807, 2.05) is 17.9 Å². The largest absolute Gasteiger partial charge is 0.337 e. The number of para-hydroxylation sites is 1. The fourth-order valence-corrected chi connectivity index (χ4v) is 4.94. The summed E-state index contributed by atoms with van der Waals surface area (Å²) >= 11 is 0. The highest BCUT2D eigenvalue weighted by molar-refractivity contribution is 5.94. The molecule has 1 saturated heterocycles. The third kappa shape index (κ3) is 3.05. The number of hydrogen-bond acceptors (Lipinski definition) is 2. The summed E-state index contributed by atoms with van der Waals surface area (Å²) < 4.78 is 15.2. The highest BCUT2D eigenvalue weighted by atomic mass is 19.1. The number of aromatic nitrogens is 2. The second-order valence-corrected chi connectivity index (χ2v) is 8.68. The lowest BCUT2D eigenvalue weighted by molar-refractivity contribution is -0.0565.